The van der Waals surface area contributed by atoms with E-state index in [1.165, 1.54) is 46.2 Å². The Balaban J connectivity index is 1.44. The van der Waals surface area contributed by atoms with Gasteiger partial charge in [-0.15, -0.1) is 0 Å². The van der Waals surface area contributed by atoms with Gasteiger partial charge in [-0.2, -0.15) is 5.10 Å². The van der Waals surface area contributed by atoms with Crippen molar-refractivity contribution in [3.63, 3.8) is 0 Å². The number of aromatic amines is 2. The largest absolute Gasteiger partial charge is 0.356 e. The second-order valence-corrected chi connectivity index (χ2v) is 11.5. The number of likely N-dealkylation sites (tertiary alicyclic amines) is 1. The van der Waals surface area contributed by atoms with Crippen LogP contribution in [0.5, 0.6) is 0 Å². The lowest BCUT2D eigenvalue weighted by Crippen LogP contribution is -2.57. The van der Waals surface area contributed by atoms with Crippen molar-refractivity contribution in [2.24, 2.45) is 10.7 Å². The van der Waals surface area contributed by atoms with Crippen molar-refractivity contribution in [1.29, 1.82) is 0 Å². The highest BCUT2D eigenvalue weighted by Gasteiger charge is 2.26. The van der Waals surface area contributed by atoms with E-state index < -0.39 is 0 Å². The molecule has 0 saturated carbocycles. The van der Waals surface area contributed by atoms with Crippen LogP contribution < -0.4 is 5.73 Å². The maximum atomic E-state index is 6.01. The third-order valence-corrected chi connectivity index (χ3v) is 8.61. The third kappa shape index (κ3) is 5.30. The first-order valence-corrected chi connectivity index (χ1v) is 15.4. The van der Waals surface area contributed by atoms with Crippen molar-refractivity contribution in [2.75, 3.05) is 13.1 Å². The van der Waals surface area contributed by atoms with Gasteiger partial charge in [0.15, 0.2) is 0 Å². The number of benzene rings is 1. The molecule has 1 aromatic carbocycles. The summed E-state index contributed by atoms with van der Waals surface area (Å²) in [7, 11) is 0. The molecular weight excluding hydrogens is 530 g/mol. The summed E-state index contributed by atoms with van der Waals surface area (Å²) in [6.45, 7) is 14.0. The number of hydrogen-bond acceptors (Lipinski definition) is 4. The van der Waals surface area contributed by atoms with Crippen LogP contribution in [0.1, 0.15) is 66.4 Å². The molecule has 0 atom stereocenters. The van der Waals surface area contributed by atoms with Gasteiger partial charge in [0, 0.05) is 30.4 Å². The Hall–Kier alpha value is -4.49. The van der Waals surface area contributed by atoms with Gasteiger partial charge in [-0.05, 0) is 92.5 Å². The van der Waals surface area contributed by atoms with E-state index in [9.17, 15) is 0 Å². The van der Waals surface area contributed by atoms with Gasteiger partial charge in [-0.25, -0.2) is 9.98 Å². The Morgan fingerprint density at radius 2 is 1.98 bits per heavy atom. The number of aromatic nitrogens is 4. The minimum absolute atomic E-state index is 0.181. The summed E-state index contributed by atoms with van der Waals surface area (Å²) in [6, 6.07) is 11.2. The van der Waals surface area contributed by atoms with E-state index in [1.54, 1.807) is 6.08 Å². The molecule has 7 heteroatoms. The SMILES string of the molecule is C=CC(=N/C(=C\C)c1ccc2[nH]nc(-c3[nH]c(C)c(/C(=C\C=C/C)c4ccc5c(c4)CCC5)c3CC)c2n1)N1CC(N)C1. The number of allylic oxidation sites excluding steroid dienone is 4. The molecule has 1 saturated heterocycles. The molecule has 1 aliphatic heterocycles. The van der Waals surface area contributed by atoms with Crippen LogP contribution in [0.2, 0.25) is 0 Å². The smallest absolute Gasteiger partial charge is 0.135 e. The summed E-state index contributed by atoms with van der Waals surface area (Å²) in [6.07, 6.45) is 14.7. The van der Waals surface area contributed by atoms with E-state index in [0.717, 1.165) is 71.3 Å². The summed E-state index contributed by atoms with van der Waals surface area (Å²) in [5.74, 6) is 0.814. The van der Waals surface area contributed by atoms with Crippen LogP contribution in [0.3, 0.4) is 0 Å². The molecule has 0 bridgehead atoms. The Bertz CT molecular complexity index is 1800. The number of nitrogens with one attached hydrogen (secondary N) is 2. The quantitative estimate of drug-likeness (QED) is 0.122. The Morgan fingerprint density at radius 1 is 1.16 bits per heavy atom. The van der Waals surface area contributed by atoms with E-state index >= 15 is 0 Å². The van der Waals surface area contributed by atoms with Crippen LogP contribution in [-0.4, -0.2) is 50.0 Å². The number of hydrogen-bond donors (Lipinski definition) is 3. The number of rotatable bonds is 8. The summed E-state index contributed by atoms with van der Waals surface area (Å²) in [4.78, 5) is 15.9. The normalized spacial score (nSPS) is 16.4. The molecule has 2 aliphatic rings. The number of nitrogens with zero attached hydrogens (tertiary/aromatic N) is 4. The van der Waals surface area contributed by atoms with Crippen molar-refractivity contribution in [2.45, 2.75) is 59.4 Å². The van der Waals surface area contributed by atoms with Crippen LogP contribution in [0, 0.1) is 6.92 Å². The fourth-order valence-corrected chi connectivity index (χ4v) is 6.41. The van der Waals surface area contributed by atoms with Gasteiger partial charge in [0.25, 0.3) is 0 Å². The molecule has 0 unspecified atom stereocenters. The van der Waals surface area contributed by atoms with Gasteiger partial charge in [0.05, 0.1) is 22.6 Å². The first-order chi connectivity index (χ1) is 20.9. The lowest BCUT2D eigenvalue weighted by atomic mass is 9.90. The van der Waals surface area contributed by atoms with Gasteiger partial charge >= 0.3 is 0 Å². The molecule has 4 N–H and O–H groups in total. The molecule has 4 heterocycles. The number of nitrogens with two attached hydrogens (primary N) is 1. The van der Waals surface area contributed by atoms with E-state index in [0.29, 0.717) is 0 Å². The van der Waals surface area contributed by atoms with Gasteiger partial charge < -0.3 is 15.6 Å². The third-order valence-electron chi connectivity index (χ3n) is 8.61. The molecule has 1 fully saturated rings. The highest BCUT2D eigenvalue weighted by atomic mass is 15.3. The highest BCUT2D eigenvalue weighted by molar-refractivity contribution is 5.98. The fourth-order valence-electron chi connectivity index (χ4n) is 6.41. The molecular formula is C36H41N7. The molecule has 220 valence electrons. The standard InChI is InChI=1S/C36H41N7/c1-6-10-14-28(25-16-15-23-12-11-13-24(23)19-25)33-22(5)38-34(27(33)7-2)36-35-31(41-42-36)18-17-30(40-35)29(8-3)39-32(9-4)43-20-26(37)21-43/h6,8-10,14-19,26,38H,4,7,11-13,20-21,37H2,1-3,5H3,(H,41,42)/b10-6-,28-14-,29-8-,39-32?. The van der Waals surface area contributed by atoms with Gasteiger partial charge in [0.2, 0.25) is 0 Å². The predicted octanol–water partition coefficient (Wildman–Crippen LogP) is 6.91. The highest BCUT2D eigenvalue weighted by Crippen LogP contribution is 2.38. The summed E-state index contributed by atoms with van der Waals surface area (Å²) in [5.41, 5.74) is 20.2. The zero-order valence-corrected chi connectivity index (χ0v) is 25.7. The molecule has 7 nitrogen and oxygen atoms in total. The van der Waals surface area contributed by atoms with Gasteiger partial charge in [-0.1, -0.05) is 56.0 Å². The summed E-state index contributed by atoms with van der Waals surface area (Å²) < 4.78 is 0. The molecule has 1 aliphatic carbocycles. The Morgan fingerprint density at radius 3 is 2.70 bits per heavy atom. The zero-order valence-electron chi connectivity index (χ0n) is 25.7. The average Bonchev–Trinajstić information content (AvgIpc) is 3.73. The molecule has 6 rings (SSSR count). The number of amidine groups is 1. The number of pyridine rings is 1. The van der Waals surface area contributed by atoms with Crippen molar-refractivity contribution in [1.82, 2.24) is 25.1 Å². The predicted molar refractivity (Wildman–Crippen MR) is 179 cm³/mol. The number of aryl methyl sites for hydroxylation is 3. The first-order valence-electron chi connectivity index (χ1n) is 15.4. The molecule has 4 aromatic rings. The maximum Gasteiger partial charge on any atom is 0.135 e. The molecule has 0 radical (unpaired) electrons. The average molecular weight is 572 g/mol. The topological polar surface area (TPSA) is 99.0 Å². The summed E-state index contributed by atoms with van der Waals surface area (Å²) >= 11 is 0. The van der Waals surface area contributed by atoms with Gasteiger partial charge in [0.1, 0.15) is 17.0 Å². The van der Waals surface area contributed by atoms with Crippen molar-refractivity contribution < 1.29 is 0 Å². The lowest BCUT2D eigenvalue weighted by Gasteiger charge is -2.38. The molecule has 0 spiro atoms. The van der Waals surface area contributed by atoms with Gasteiger partial charge in [-0.3, -0.25) is 5.10 Å². The second-order valence-electron chi connectivity index (χ2n) is 11.5. The van der Waals surface area contributed by atoms with Crippen LogP contribution in [0.15, 0.2) is 72.3 Å². The number of fused-ring (bicyclic) bond motifs is 2. The second kappa shape index (κ2) is 12.0. The van der Waals surface area contributed by atoms with E-state index in [-0.39, 0.29) is 6.04 Å². The Kier molecular flexibility index (Phi) is 8.00. The number of H-pyrrole nitrogens is 2. The fraction of sp³-hybridized carbons (Fsp3) is 0.306. The Labute approximate surface area is 254 Å². The lowest BCUT2D eigenvalue weighted by molar-refractivity contribution is 0.256. The first kappa shape index (κ1) is 28.6. The van der Waals surface area contributed by atoms with E-state index in [4.69, 9.17) is 20.8 Å². The summed E-state index contributed by atoms with van der Waals surface area (Å²) in [5, 5.41) is 8.00. The molecule has 0 amide bonds. The van der Waals surface area contributed by atoms with E-state index in [2.05, 4.69) is 78.8 Å². The van der Waals surface area contributed by atoms with Crippen LogP contribution >= 0.6 is 0 Å². The van der Waals surface area contributed by atoms with E-state index in [1.807, 2.05) is 25.1 Å². The molecule has 43 heavy (non-hydrogen) atoms. The van der Waals surface area contributed by atoms with Crippen LogP contribution in [0.25, 0.3) is 33.7 Å². The molecule has 3 aromatic heterocycles. The van der Waals surface area contributed by atoms with Crippen molar-refractivity contribution in [3.8, 4) is 11.4 Å². The van der Waals surface area contributed by atoms with Crippen LogP contribution in [-0.2, 0) is 19.3 Å². The van der Waals surface area contributed by atoms with Crippen molar-refractivity contribution in [3.05, 3.63) is 106 Å². The monoisotopic (exact) mass is 571 g/mol. The minimum Gasteiger partial charge on any atom is -0.356 e. The zero-order chi connectivity index (χ0) is 30.1. The maximum absolute atomic E-state index is 6.01. The number of aliphatic imine (C=N–C) groups is 1. The van der Waals surface area contributed by atoms with Crippen molar-refractivity contribution >= 4 is 28.1 Å². The minimum atomic E-state index is 0.181. The van der Waals surface area contributed by atoms with Crippen LogP contribution in [0.4, 0.5) is 0 Å².